The summed E-state index contributed by atoms with van der Waals surface area (Å²) >= 11 is 0. The van der Waals surface area contributed by atoms with E-state index in [9.17, 15) is 4.79 Å². The first kappa shape index (κ1) is 15.3. The van der Waals surface area contributed by atoms with Crippen LogP contribution in [-0.4, -0.2) is 30.8 Å². The van der Waals surface area contributed by atoms with Crippen LogP contribution in [0, 0.1) is 0 Å². The van der Waals surface area contributed by atoms with Crippen molar-refractivity contribution < 1.29 is 19.4 Å². The van der Waals surface area contributed by atoms with Gasteiger partial charge < -0.3 is 19.9 Å². The van der Waals surface area contributed by atoms with Gasteiger partial charge in [-0.25, -0.2) is 0 Å². The van der Waals surface area contributed by atoms with Crippen LogP contribution in [0.4, 0.5) is 0 Å². The van der Waals surface area contributed by atoms with Crippen molar-refractivity contribution >= 4 is 5.97 Å². The maximum Gasteiger partial charge on any atom is 0.320 e. The summed E-state index contributed by atoms with van der Waals surface area (Å²) in [7, 11) is 1.59. The van der Waals surface area contributed by atoms with Gasteiger partial charge in [-0.05, 0) is 31.0 Å². The van der Waals surface area contributed by atoms with Gasteiger partial charge in [0, 0.05) is 6.54 Å². The Labute approximate surface area is 113 Å². The third kappa shape index (κ3) is 4.79. The number of carboxylic acids is 1. The van der Waals surface area contributed by atoms with Crippen LogP contribution >= 0.6 is 0 Å². The molecule has 0 aliphatic carbocycles. The maximum absolute atomic E-state index is 10.7. The lowest BCUT2D eigenvalue weighted by atomic mass is 10.2. The average molecular weight is 267 g/mol. The third-order valence-corrected chi connectivity index (χ3v) is 2.67. The molecule has 0 amide bonds. The first-order valence-corrected chi connectivity index (χ1v) is 6.34. The van der Waals surface area contributed by atoms with E-state index >= 15 is 0 Å². The fraction of sp³-hybridized carbons (Fsp3) is 0.500. The smallest absolute Gasteiger partial charge is 0.320 e. The lowest BCUT2D eigenvalue weighted by molar-refractivity contribution is -0.139. The van der Waals surface area contributed by atoms with Gasteiger partial charge >= 0.3 is 5.97 Å². The molecule has 0 bridgehead atoms. The molecule has 0 heterocycles. The van der Waals surface area contributed by atoms with E-state index in [0.29, 0.717) is 24.7 Å². The van der Waals surface area contributed by atoms with Crippen LogP contribution in [0.5, 0.6) is 11.5 Å². The van der Waals surface area contributed by atoms with E-state index in [-0.39, 0.29) is 0 Å². The summed E-state index contributed by atoms with van der Waals surface area (Å²) in [6.45, 7) is 4.76. The highest BCUT2D eigenvalue weighted by Crippen LogP contribution is 2.28. The summed E-state index contributed by atoms with van der Waals surface area (Å²) in [5.41, 5.74) is 0.953. The Morgan fingerprint density at radius 1 is 1.42 bits per heavy atom. The van der Waals surface area contributed by atoms with Gasteiger partial charge in [-0.3, -0.25) is 4.79 Å². The average Bonchev–Trinajstić information content (AvgIpc) is 2.42. The predicted octanol–water partition coefficient (Wildman–Crippen LogP) is 2.05. The first-order chi connectivity index (χ1) is 9.08. The molecular weight excluding hydrogens is 246 g/mol. The van der Waals surface area contributed by atoms with Crippen LogP contribution in [0.3, 0.4) is 0 Å². The normalized spacial score (nSPS) is 11.9. The highest BCUT2D eigenvalue weighted by Gasteiger charge is 2.10. The van der Waals surface area contributed by atoms with E-state index in [1.165, 1.54) is 0 Å². The van der Waals surface area contributed by atoms with Crippen molar-refractivity contribution in [1.82, 2.24) is 5.32 Å². The SMILES string of the molecule is CCCOc1ccc(CNC(C)C(=O)O)cc1OC. The zero-order valence-corrected chi connectivity index (χ0v) is 11.6. The van der Waals surface area contributed by atoms with Crippen molar-refractivity contribution in [2.24, 2.45) is 0 Å². The molecule has 2 N–H and O–H groups in total. The maximum atomic E-state index is 10.7. The fourth-order valence-corrected chi connectivity index (χ4v) is 1.51. The van der Waals surface area contributed by atoms with Crippen LogP contribution in [0.1, 0.15) is 25.8 Å². The Morgan fingerprint density at radius 2 is 2.16 bits per heavy atom. The molecule has 0 fully saturated rings. The van der Waals surface area contributed by atoms with Gasteiger partial charge in [0.1, 0.15) is 6.04 Å². The molecule has 0 saturated heterocycles. The molecule has 19 heavy (non-hydrogen) atoms. The summed E-state index contributed by atoms with van der Waals surface area (Å²) in [5, 5.41) is 11.7. The number of carboxylic acid groups (broad SMARTS) is 1. The number of nitrogens with one attached hydrogen (secondary N) is 1. The number of ether oxygens (including phenoxy) is 2. The van der Waals surface area contributed by atoms with Crippen LogP contribution in [0.2, 0.25) is 0 Å². The van der Waals surface area contributed by atoms with E-state index in [4.69, 9.17) is 14.6 Å². The van der Waals surface area contributed by atoms with E-state index in [2.05, 4.69) is 5.32 Å². The Bertz CT molecular complexity index is 420. The molecule has 0 aliphatic heterocycles. The van der Waals surface area contributed by atoms with Gasteiger partial charge in [0.15, 0.2) is 11.5 Å². The van der Waals surface area contributed by atoms with Crippen molar-refractivity contribution in [3.63, 3.8) is 0 Å². The van der Waals surface area contributed by atoms with Gasteiger partial charge in [0.2, 0.25) is 0 Å². The number of rotatable bonds is 8. The molecule has 1 aromatic carbocycles. The first-order valence-electron chi connectivity index (χ1n) is 6.34. The van der Waals surface area contributed by atoms with Crippen molar-refractivity contribution in [1.29, 1.82) is 0 Å². The van der Waals surface area contributed by atoms with Crippen LogP contribution in [-0.2, 0) is 11.3 Å². The summed E-state index contributed by atoms with van der Waals surface area (Å²) in [5.74, 6) is 0.505. The number of carbonyl (C=O) groups is 1. The number of methoxy groups -OCH3 is 1. The number of benzene rings is 1. The second-order valence-corrected chi connectivity index (χ2v) is 4.27. The summed E-state index contributed by atoms with van der Waals surface area (Å²) in [4.78, 5) is 10.7. The number of hydrogen-bond acceptors (Lipinski definition) is 4. The molecule has 1 atom stereocenters. The van der Waals surface area contributed by atoms with Crippen molar-refractivity contribution in [3.8, 4) is 11.5 Å². The van der Waals surface area contributed by atoms with Crippen molar-refractivity contribution in [2.45, 2.75) is 32.9 Å². The monoisotopic (exact) mass is 267 g/mol. The standard InChI is InChI=1S/C14H21NO4/c1-4-7-19-12-6-5-11(8-13(12)18-3)9-15-10(2)14(16)17/h5-6,8,10,15H,4,7,9H2,1-3H3,(H,16,17). The quantitative estimate of drug-likeness (QED) is 0.754. The summed E-state index contributed by atoms with van der Waals surface area (Å²) in [6.07, 6.45) is 0.933. The zero-order valence-electron chi connectivity index (χ0n) is 11.6. The topological polar surface area (TPSA) is 67.8 Å². The van der Waals surface area contributed by atoms with Crippen LogP contribution < -0.4 is 14.8 Å². The van der Waals surface area contributed by atoms with Gasteiger partial charge in [0.05, 0.1) is 13.7 Å². The van der Waals surface area contributed by atoms with Gasteiger partial charge in [-0.15, -0.1) is 0 Å². The van der Waals surface area contributed by atoms with E-state index in [1.807, 2.05) is 25.1 Å². The van der Waals surface area contributed by atoms with Crippen LogP contribution in [0.15, 0.2) is 18.2 Å². The number of aliphatic carboxylic acids is 1. The summed E-state index contributed by atoms with van der Waals surface area (Å²) < 4.78 is 10.8. The molecule has 0 aromatic heterocycles. The van der Waals surface area contributed by atoms with Gasteiger partial charge in [-0.2, -0.15) is 0 Å². The van der Waals surface area contributed by atoms with Gasteiger partial charge in [0.25, 0.3) is 0 Å². The minimum Gasteiger partial charge on any atom is -0.493 e. The van der Waals surface area contributed by atoms with E-state index in [1.54, 1.807) is 14.0 Å². The Balaban J connectivity index is 2.68. The predicted molar refractivity (Wildman–Crippen MR) is 72.7 cm³/mol. The lowest BCUT2D eigenvalue weighted by Crippen LogP contribution is -2.33. The minimum absolute atomic E-state index is 0.470. The zero-order chi connectivity index (χ0) is 14.3. The van der Waals surface area contributed by atoms with E-state index in [0.717, 1.165) is 12.0 Å². The number of hydrogen-bond donors (Lipinski definition) is 2. The highest BCUT2D eigenvalue weighted by atomic mass is 16.5. The molecule has 106 valence electrons. The van der Waals surface area contributed by atoms with Crippen LogP contribution in [0.25, 0.3) is 0 Å². The van der Waals surface area contributed by atoms with Gasteiger partial charge in [-0.1, -0.05) is 13.0 Å². The third-order valence-electron chi connectivity index (χ3n) is 2.67. The molecule has 0 radical (unpaired) electrons. The fourth-order valence-electron chi connectivity index (χ4n) is 1.51. The minimum atomic E-state index is -0.866. The molecule has 5 nitrogen and oxygen atoms in total. The van der Waals surface area contributed by atoms with Crippen molar-refractivity contribution in [2.75, 3.05) is 13.7 Å². The Morgan fingerprint density at radius 3 is 2.74 bits per heavy atom. The molecule has 1 rings (SSSR count). The lowest BCUT2D eigenvalue weighted by Gasteiger charge is -2.13. The largest absolute Gasteiger partial charge is 0.493 e. The molecule has 1 unspecified atom stereocenters. The molecule has 0 aliphatic rings. The molecule has 0 spiro atoms. The Kier molecular flexibility index (Phi) is 6.15. The molecule has 5 heteroatoms. The summed E-state index contributed by atoms with van der Waals surface area (Å²) in [6, 6.07) is 5.01. The highest BCUT2D eigenvalue weighted by molar-refractivity contribution is 5.72. The van der Waals surface area contributed by atoms with Crippen molar-refractivity contribution in [3.05, 3.63) is 23.8 Å². The molecular formula is C14H21NO4. The molecule has 1 aromatic rings. The molecule has 0 saturated carbocycles. The van der Waals surface area contributed by atoms with E-state index < -0.39 is 12.0 Å². The second kappa shape index (κ2) is 7.63. The Hall–Kier alpha value is -1.75. The second-order valence-electron chi connectivity index (χ2n) is 4.27.